The lowest BCUT2D eigenvalue weighted by Gasteiger charge is -2.30. The maximum atomic E-state index is 12.2. The maximum absolute atomic E-state index is 12.2. The van der Waals surface area contributed by atoms with E-state index in [2.05, 4.69) is 13.8 Å². The molecule has 0 radical (unpaired) electrons. The molecular formula is C8H15F. The molecule has 54 valence electrons. The van der Waals surface area contributed by atoms with Crippen LogP contribution in [0, 0.1) is 11.8 Å². The average Bonchev–Trinajstić information content (AvgIpc) is 1.60. The third-order valence-corrected chi connectivity index (χ3v) is 1.98. The zero-order valence-electron chi connectivity index (χ0n) is 6.23. The minimum Gasteiger partial charge on any atom is -0.247 e. The van der Waals surface area contributed by atoms with Crippen LogP contribution >= 0.6 is 0 Å². The smallest absolute Gasteiger partial charge is 0.101 e. The highest BCUT2D eigenvalue weighted by molar-refractivity contribution is 4.79. The van der Waals surface area contributed by atoms with Crippen LogP contribution in [0.15, 0.2) is 0 Å². The Hall–Kier alpha value is -0.0700. The monoisotopic (exact) mass is 130 g/mol. The molecule has 0 unspecified atom stereocenters. The molecule has 0 aromatic heterocycles. The first-order chi connectivity index (χ1) is 4.18. The second kappa shape index (κ2) is 2.68. The van der Waals surface area contributed by atoms with Gasteiger partial charge in [0.25, 0.3) is 0 Å². The molecule has 0 heterocycles. The molecule has 0 aliphatic heterocycles. The zero-order valence-corrected chi connectivity index (χ0v) is 6.23. The topological polar surface area (TPSA) is 0 Å². The van der Waals surface area contributed by atoms with Gasteiger partial charge in [-0.05, 0) is 31.1 Å². The predicted octanol–water partition coefficient (Wildman–Crippen LogP) is 2.78. The summed E-state index contributed by atoms with van der Waals surface area (Å²) < 4.78 is 12.2. The van der Waals surface area contributed by atoms with Crippen molar-refractivity contribution in [3.8, 4) is 0 Å². The van der Waals surface area contributed by atoms with Crippen LogP contribution in [-0.2, 0) is 0 Å². The molecule has 0 spiro atoms. The molecule has 9 heavy (non-hydrogen) atoms. The van der Waals surface area contributed by atoms with Crippen LogP contribution in [0.4, 0.5) is 4.39 Å². The normalized spacial score (nSPS) is 34.7. The van der Waals surface area contributed by atoms with Gasteiger partial charge in [-0.1, -0.05) is 13.8 Å². The maximum Gasteiger partial charge on any atom is 0.101 e. The van der Waals surface area contributed by atoms with Crippen molar-refractivity contribution < 1.29 is 4.39 Å². The molecule has 1 aliphatic rings. The van der Waals surface area contributed by atoms with E-state index in [1.54, 1.807) is 0 Å². The van der Waals surface area contributed by atoms with E-state index in [4.69, 9.17) is 0 Å². The van der Waals surface area contributed by atoms with Crippen molar-refractivity contribution in [3.05, 3.63) is 0 Å². The third kappa shape index (κ3) is 1.96. The standard InChI is InChI=1S/C8H15F/c1-6(2)3-7-4-8(9)5-7/h6-8H,3-5H2,1-2H3. The summed E-state index contributed by atoms with van der Waals surface area (Å²) in [7, 11) is 0. The lowest BCUT2D eigenvalue weighted by Crippen LogP contribution is -2.25. The summed E-state index contributed by atoms with van der Waals surface area (Å²) in [5, 5.41) is 0. The molecule has 1 heteroatoms. The average molecular weight is 130 g/mol. The summed E-state index contributed by atoms with van der Waals surface area (Å²) in [4.78, 5) is 0. The molecule has 1 fully saturated rings. The van der Waals surface area contributed by atoms with Gasteiger partial charge in [0.2, 0.25) is 0 Å². The van der Waals surface area contributed by atoms with Gasteiger partial charge in [0.1, 0.15) is 6.17 Å². The number of hydrogen-bond acceptors (Lipinski definition) is 0. The Bertz CT molecular complexity index is 82.6. The van der Waals surface area contributed by atoms with Gasteiger partial charge in [-0.25, -0.2) is 4.39 Å². The third-order valence-electron chi connectivity index (χ3n) is 1.98. The van der Waals surface area contributed by atoms with Gasteiger partial charge in [-0.15, -0.1) is 0 Å². The predicted molar refractivity (Wildman–Crippen MR) is 37.1 cm³/mol. The van der Waals surface area contributed by atoms with Crippen molar-refractivity contribution in [2.45, 2.75) is 39.3 Å². The summed E-state index contributed by atoms with van der Waals surface area (Å²) in [6.45, 7) is 4.40. The van der Waals surface area contributed by atoms with Crippen LogP contribution in [0.3, 0.4) is 0 Å². The number of hydrogen-bond donors (Lipinski definition) is 0. The van der Waals surface area contributed by atoms with Gasteiger partial charge < -0.3 is 0 Å². The van der Waals surface area contributed by atoms with E-state index in [1.165, 1.54) is 6.42 Å². The van der Waals surface area contributed by atoms with Gasteiger partial charge in [0.05, 0.1) is 0 Å². The molecule has 0 bridgehead atoms. The zero-order chi connectivity index (χ0) is 6.85. The van der Waals surface area contributed by atoms with E-state index in [0.29, 0.717) is 5.92 Å². The van der Waals surface area contributed by atoms with E-state index in [0.717, 1.165) is 18.8 Å². The highest BCUT2D eigenvalue weighted by Crippen LogP contribution is 2.34. The second-order valence-corrected chi connectivity index (χ2v) is 3.56. The van der Waals surface area contributed by atoms with Gasteiger partial charge >= 0.3 is 0 Å². The van der Waals surface area contributed by atoms with Crippen molar-refractivity contribution in [3.63, 3.8) is 0 Å². The molecule has 0 saturated heterocycles. The Labute approximate surface area is 56.5 Å². The van der Waals surface area contributed by atoms with Crippen LogP contribution in [0.5, 0.6) is 0 Å². The van der Waals surface area contributed by atoms with Crippen molar-refractivity contribution >= 4 is 0 Å². The molecule has 0 aromatic carbocycles. The molecular weight excluding hydrogens is 115 g/mol. The summed E-state index contributed by atoms with van der Waals surface area (Å²) in [5.41, 5.74) is 0. The first kappa shape index (κ1) is 7.04. The highest BCUT2D eigenvalue weighted by atomic mass is 19.1. The lowest BCUT2D eigenvalue weighted by atomic mass is 9.78. The SMILES string of the molecule is CC(C)CC1CC(F)C1. The summed E-state index contributed by atoms with van der Waals surface area (Å²) in [6.07, 6.45) is 2.42. The van der Waals surface area contributed by atoms with Crippen LogP contribution in [0.1, 0.15) is 33.1 Å². The van der Waals surface area contributed by atoms with E-state index < -0.39 is 6.17 Å². The van der Waals surface area contributed by atoms with Gasteiger partial charge in [0.15, 0.2) is 0 Å². The molecule has 1 rings (SSSR count). The van der Waals surface area contributed by atoms with E-state index in [1.807, 2.05) is 0 Å². The quantitative estimate of drug-likeness (QED) is 0.539. The van der Waals surface area contributed by atoms with Crippen molar-refractivity contribution in [1.82, 2.24) is 0 Å². The van der Waals surface area contributed by atoms with Gasteiger partial charge in [0, 0.05) is 0 Å². The molecule has 0 N–H and O–H groups in total. The fraction of sp³-hybridized carbons (Fsp3) is 1.00. The molecule has 1 aliphatic carbocycles. The molecule has 0 nitrogen and oxygen atoms in total. The fourth-order valence-electron chi connectivity index (χ4n) is 1.51. The summed E-state index contributed by atoms with van der Waals surface area (Å²) in [6, 6.07) is 0. The Morgan fingerprint density at radius 3 is 2.33 bits per heavy atom. The number of alkyl halides is 1. The van der Waals surface area contributed by atoms with E-state index >= 15 is 0 Å². The van der Waals surface area contributed by atoms with Gasteiger partial charge in [-0.2, -0.15) is 0 Å². The number of rotatable bonds is 2. The first-order valence-corrected chi connectivity index (χ1v) is 3.82. The van der Waals surface area contributed by atoms with Gasteiger partial charge in [-0.3, -0.25) is 0 Å². The Kier molecular flexibility index (Phi) is 2.09. The summed E-state index contributed by atoms with van der Waals surface area (Å²) >= 11 is 0. The summed E-state index contributed by atoms with van der Waals surface area (Å²) in [5.74, 6) is 1.46. The highest BCUT2D eigenvalue weighted by Gasteiger charge is 2.28. The molecule has 1 saturated carbocycles. The van der Waals surface area contributed by atoms with Crippen LogP contribution in [0.25, 0.3) is 0 Å². The largest absolute Gasteiger partial charge is 0.247 e. The minimum absolute atomic E-state index is 0.464. The molecule has 0 atom stereocenters. The Morgan fingerprint density at radius 1 is 1.44 bits per heavy atom. The van der Waals surface area contributed by atoms with Crippen molar-refractivity contribution in [1.29, 1.82) is 0 Å². The van der Waals surface area contributed by atoms with Crippen molar-refractivity contribution in [2.75, 3.05) is 0 Å². The minimum atomic E-state index is -0.464. The van der Waals surface area contributed by atoms with Crippen LogP contribution in [-0.4, -0.2) is 6.17 Å². The fourth-order valence-corrected chi connectivity index (χ4v) is 1.51. The van der Waals surface area contributed by atoms with E-state index in [-0.39, 0.29) is 0 Å². The molecule has 0 amide bonds. The molecule has 0 aromatic rings. The van der Waals surface area contributed by atoms with Crippen molar-refractivity contribution in [2.24, 2.45) is 11.8 Å². The lowest BCUT2D eigenvalue weighted by molar-refractivity contribution is 0.114. The van der Waals surface area contributed by atoms with E-state index in [9.17, 15) is 4.39 Å². The Balaban J connectivity index is 2.04. The first-order valence-electron chi connectivity index (χ1n) is 3.82. The Morgan fingerprint density at radius 2 is 2.00 bits per heavy atom. The number of halogens is 1. The van der Waals surface area contributed by atoms with Crippen LogP contribution in [0.2, 0.25) is 0 Å². The van der Waals surface area contributed by atoms with Crippen LogP contribution < -0.4 is 0 Å². The second-order valence-electron chi connectivity index (χ2n) is 3.56.